The van der Waals surface area contributed by atoms with Gasteiger partial charge in [-0.05, 0) is 18.6 Å². The summed E-state index contributed by atoms with van der Waals surface area (Å²) in [5.41, 5.74) is 0. The molecule has 2 N–H and O–H groups in total. The molecule has 0 fully saturated rings. The Morgan fingerprint density at radius 1 is 1.47 bits per heavy atom. The zero-order valence-electron chi connectivity index (χ0n) is 10.6. The fraction of sp³-hybridized carbons (Fsp3) is 0.385. The number of hydrogen-bond donors (Lipinski definition) is 2. The summed E-state index contributed by atoms with van der Waals surface area (Å²) in [6, 6.07) is 4.45. The van der Waals surface area contributed by atoms with Gasteiger partial charge in [0.1, 0.15) is 17.6 Å². The van der Waals surface area contributed by atoms with Gasteiger partial charge in [0.25, 0.3) is 5.91 Å². The lowest BCUT2D eigenvalue weighted by Crippen LogP contribution is -2.42. The van der Waals surface area contributed by atoms with Crippen molar-refractivity contribution in [2.75, 3.05) is 6.61 Å². The first-order chi connectivity index (χ1) is 9.02. The molecule has 6 heteroatoms. The lowest BCUT2D eigenvalue weighted by molar-refractivity contribution is -0.142. The third-order valence-electron chi connectivity index (χ3n) is 2.38. The van der Waals surface area contributed by atoms with Gasteiger partial charge in [0.05, 0.1) is 0 Å². The van der Waals surface area contributed by atoms with Crippen molar-refractivity contribution in [2.45, 2.75) is 25.8 Å². The minimum absolute atomic E-state index is 0.220. The van der Waals surface area contributed by atoms with E-state index < -0.39 is 23.7 Å². The number of carboxylic acids is 1. The van der Waals surface area contributed by atoms with Crippen LogP contribution in [0, 0.1) is 5.82 Å². The van der Waals surface area contributed by atoms with Gasteiger partial charge in [-0.15, -0.1) is 0 Å². The molecule has 19 heavy (non-hydrogen) atoms. The van der Waals surface area contributed by atoms with Crippen LogP contribution in [0.5, 0.6) is 5.75 Å². The molecule has 0 heterocycles. The molecule has 5 nitrogen and oxygen atoms in total. The molecule has 0 aromatic heterocycles. The second-order valence-corrected chi connectivity index (χ2v) is 3.99. The number of rotatable bonds is 7. The zero-order valence-corrected chi connectivity index (χ0v) is 10.6. The molecule has 0 saturated carbocycles. The van der Waals surface area contributed by atoms with Gasteiger partial charge in [-0.1, -0.05) is 19.4 Å². The maximum absolute atomic E-state index is 12.8. The summed E-state index contributed by atoms with van der Waals surface area (Å²) in [4.78, 5) is 22.3. The highest BCUT2D eigenvalue weighted by Gasteiger charge is 2.18. The monoisotopic (exact) mass is 269 g/mol. The second-order valence-electron chi connectivity index (χ2n) is 3.99. The van der Waals surface area contributed by atoms with E-state index in [1.807, 2.05) is 6.92 Å². The van der Waals surface area contributed by atoms with E-state index in [0.717, 1.165) is 6.07 Å². The van der Waals surface area contributed by atoms with E-state index in [2.05, 4.69) is 5.32 Å². The van der Waals surface area contributed by atoms with Crippen molar-refractivity contribution in [3.63, 3.8) is 0 Å². The Morgan fingerprint density at radius 2 is 2.21 bits per heavy atom. The first-order valence-electron chi connectivity index (χ1n) is 5.93. The summed E-state index contributed by atoms with van der Waals surface area (Å²) in [6.45, 7) is 1.47. The number of aliphatic carboxylic acids is 1. The van der Waals surface area contributed by atoms with Crippen LogP contribution in [-0.4, -0.2) is 29.6 Å². The van der Waals surface area contributed by atoms with Crippen molar-refractivity contribution in [1.29, 1.82) is 0 Å². The predicted molar refractivity (Wildman–Crippen MR) is 66.4 cm³/mol. The third-order valence-corrected chi connectivity index (χ3v) is 2.38. The fourth-order valence-electron chi connectivity index (χ4n) is 1.49. The lowest BCUT2D eigenvalue weighted by Gasteiger charge is -2.13. The summed E-state index contributed by atoms with van der Waals surface area (Å²) in [6.07, 6.45) is 0.989. The van der Waals surface area contributed by atoms with Crippen LogP contribution in [0.25, 0.3) is 0 Å². The van der Waals surface area contributed by atoms with Crippen LogP contribution < -0.4 is 10.1 Å². The zero-order chi connectivity index (χ0) is 14.3. The predicted octanol–water partition coefficient (Wildman–Crippen LogP) is 1.57. The van der Waals surface area contributed by atoms with Gasteiger partial charge < -0.3 is 15.2 Å². The minimum Gasteiger partial charge on any atom is -0.484 e. The van der Waals surface area contributed by atoms with E-state index in [-0.39, 0.29) is 12.4 Å². The Kier molecular flexibility index (Phi) is 5.78. The number of hydrogen-bond acceptors (Lipinski definition) is 3. The molecule has 0 aliphatic carbocycles. The highest BCUT2D eigenvalue weighted by atomic mass is 19.1. The van der Waals surface area contributed by atoms with E-state index in [1.165, 1.54) is 18.2 Å². The van der Waals surface area contributed by atoms with Gasteiger partial charge in [0.15, 0.2) is 6.61 Å². The molecule has 0 bridgehead atoms. The summed E-state index contributed by atoms with van der Waals surface area (Å²) >= 11 is 0. The Labute approximate surface area is 110 Å². The molecule has 1 amide bonds. The van der Waals surface area contributed by atoms with Crippen molar-refractivity contribution in [1.82, 2.24) is 5.32 Å². The number of ether oxygens (including phenoxy) is 1. The molecular weight excluding hydrogens is 253 g/mol. The number of amides is 1. The van der Waals surface area contributed by atoms with Crippen LogP contribution in [0.4, 0.5) is 4.39 Å². The van der Waals surface area contributed by atoms with Gasteiger partial charge >= 0.3 is 5.97 Å². The molecule has 0 aliphatic rings. The van der Waals surface area contributed by atoms with Crippen LogP contribution in [0.15, 0.2) is 24.3 Å². The van der Waals surface area contributed by atoms with Gasteiger partial charge in [-0.2, -0.15) is 0 Å². The second kappa shape index (κ2) is 7.35. The number of nitrogens with one attached hydrogen (secondary N) is 1. The molecule has 1 rings (SSSR count). The molecule has 0 aliphatic heterocycles. The van der Waals surface area contributed by atoms with E-state index >= 15 is 0 Å². The Bertz CT molecular complexity index is 450. The van der Waals surface area contributed by atoms with Crippen molar-refractivity contribution in [3.05, 3.63) is 30.1 Å². The van der Waals surface area contributed by atoms with Crippen molar-refractivity contribution < 1.29 is 23.8 Å². The Morgan fingerprint density at radius 3 is 2.79 bits per heavy atom. The van der Waals surface area contributed by atoms with Gasteiger partial charge in [0.2, 0.25) is 0 Å². The molecule has 104 valence electrons. The lowest BCUT2D eigenvalue weighted by atomic mass is 10.2. The first-order valence-corrected chi connectivity index (χ1v) is 5.93. The Hall–Kier alpha value is -2.11. The summed E-state index contributed by atoms with van der Waals surface area (Å²) in [5.74, 6) is -1.88. The third kappa shape index (κ3) is 5.37. The van der Waals surface area contributed by atoms with Gasteiger partial charge in [-0.25, -0.2) is 9.18 Å². The number of carbonyl (C=O) groups excluding carboxylic acids is 1. The maximum Gasteiger partial charge on any atom is 0.326 e. The average molecular weight is 269 g/mol. The average Bonchev–Trinajstić information content (AvgIpc) is 2.36. The fourth-order valence-corrected chi connectivity index (χ4v) is 1.49. The maximum atomic E-state index is 12.8. The molecule has 1 atom stereocenters. The highest BCUT2D eigenvalue weighted by Crippen LogP contribution is 2.11. The quantitative estimate of drug-likeness (QED) is 0.788. The van der Waals surface area contributed by atoms with Crippen molar-refractivity contribution in [2.24, 2.45) is 0 Å². The molecule has 0 spiro atoms. The molecule has 1 aromatic carbocycles. The molecule has 1 aromatic rings. The van der Waals surface area contributed by atoms with Gasteiger partial charge in [-0.3, -0.25) is 4.79 Å². The number of carbonyl (C=O) groups is 2. The summed E-state index contributed by atoms with van der Waals surface area (Å²) < 4.78 is 17.9. The standard InChI is InChI=1S/C13H16FNO4/c1-2-4-11(13(17)18)15-12(16)8-19-10-6-3-5-9(14)7-10/h3,5-7,11H,2,4,8H2,1H3,(H,15,16)(H,17,18)/t11-/m0/s1. The van der Waals surface area contributed by atoms with Gasteiger partial charge in [0, 0.05) is 6.07 Å². The number of benzene rings is 1. The van der Waals surface area contributed by atoms with Crippen molar-refractivity contribution in [3.8, 4) is 5.75 Å². The van der Waals surface area contributed by atoms with Crippen LogP contribution in [0.1, 0.15) is 19.8 Å². The highest BCUT2D eigenvalue weighted by molar-refractivity contribution is 5.84. The molecule has 0 saturated heterocycles. The SMILES string of the molecule is CCC[C@H](NC(=O)COc1cccc(F)c1)C(=O)O. The topological polar surface area (TPSA) is 75.6 Å². The van der Waals surface area contributed by atoms with Crippen LogP contribution in [0.3, 0.4) is 0 Å². The van der Waals surface area contributed by atoms with E-state index in [1.54, 1.807) is 0 Å². The number of halogens is 1. The molecular formula is C13H16FNO4. The van der Waals surface area contributed by atoms with Crippen LogP contribution in [-0.2, 0) is 9.59 Å². The Balaban J connectivity index is 2.44. The minimum atomic E-state index is -1.08. The molecule has 0 unspecified atom stereocenters. The normalized spacial score (nSPS) is 11.7. The van der Waals surface area contributed by atoms with Crippen LogP contribution in [0.2, 0.25) is 0 Å². The first kappa shape index (κ1) is 14.9. The summed E-state index contributed by atoms with van der Waals surface area (Å²) in [7, 11) is 0. The smallest absolute Gasteiger partial charge is 0.326 e. The van der Waals surface area contributed by atoms with Crippen LogP contribution >= 0.6 is 0 Å². The summed E-state index contributed by atoms with van der Waals surface area (Å²) in [5, 5.41) is 11.2. The number of carboxylic acid groups (broad SMARTS) is 1. The van der Waals surface area contributed by atoms with Crippen molar-refractivity contribution >= 4 is 11.9 Å². The van der Waals surface area contributed by atoms with E-state index in [0.29, 0.717) is 12.8 Å². The molecule has 0 radical (unpaired) electrons. The van der Waals surface area contributed by atoms with E-state index in [9.17, 15) is 14.0 Å². The largest absolute Gasteiger partial charge is 0.484 e. The van der Waals surface area contributed by atoms with E-state index in [4.69, 9.17) is 9.84 Å².